The zero-order valence-corrected chi connectivity index (χ0v) is 9.73. The number of hydrogen-bond acceptors (Lipinski definition) is 2. The first-order valence-corrected chi connectivity index (χ1v) is 6.27. The molecule has 0 amide bonds. The second-order valence-electron chi connectivity index (χ2n) is 5.22. The molecule has 1 heterocycles. The maximum Gasteiger partial charge on any atom is 0.307 e. The average molecular weight is 231 g/mol. The summed E-state index contributed by atoms with van der Waals surface area (Å²) < 4.78 is 0. The van der Waals surface area contributed by atoms with Gasteiger partial charge in [0.15, 0.2) is 0 Å². The molecule has 0 spiro atoms. The molecule has 90 valence electrons. The SMILES string of the molecule is O=C(O)[C@H]1CN[C@H]2Cc3ccccc3C[C@@H]2C1. The smallest absolute Gasteiger partial charge is 0.307 e. The van der Waals surface area contributed by atoms with E-state index in [1.165, 1.54) is 11.1 Å². The summed E-state index contributed by atoms with van der Waals surface area (Å²) in [6, 6.07) is 9.00. The highest BCUT2D eigenvalue weighted by Gasteiger charge is 2.36. The zero-order chi connectivity index (χ0) is 11.8. The number of hydrogen-bond donors (Lipinski definition) is 2. The van der Waals surface area contributed by atoms with E-state index in [0.717, 1.165) is 19.3 Å². The van der Waals surface area contributed by atoms with E-state index >= 15 is 0 Å². The lowest BCUT2D eigenvalue weighted by atomic mass is 9.73. The van der Waals surface area contributed by atoms with Gasteiger partial charge in [-0.3, -0.25) is 4.79 Å². The molecule has 0 bridgehead atoms. The Morgan fingerprint density at radius 3 is 2.65 bits per heavy atom. The van der Waals surface area contributed by atoms with Gasteiger partial charge in [-0.2, -0.15) is 0 Å². The van der Waals surface area contributed by atoms with E-state index < -0.39 is 5.97 Å². The van der Waals surface area contributed by atoms with Crippen LogP contribution in [0.15, 0.2) is 24.3 Å². The van der Waals surface area contributed by atoms with Gasteiger partial charge >= 0.3 is 5.97 Å². The highest BCUT2D eigenvalue weighted by atomic mass is 16.4. The lowest BCUT2D eigenvalue weighted by Crippen LogP contribution is -2.50. The van der Waals surface area contributed by atoms with E-state index in [2.05, 4.69) is 29.6 Å². The number of fused-ring (bicyclic) bond motifs is 2. The van der Waals surface area contributed by atoms with Crippen molar-refractivity contribution in [3.8, 4) is 0 Å². The topological polar surface area (TPSA) is 49.3 Å². The molecule has 1 fully saturated rings. The predicted molar refractivity (Wildman–Crippen MR) is 64.9 cm³/mol. The summed E-state index contributed by atoms with van der Waals surface area (Å²) in [5.74, 6) is -0.379. The molecule has 2 N–H and O–H groups in total. The Labute approximate surface area is 101 Å². The Balaban J connectivity index is 1.81. The largest absolute Gasteiger partial charge is 0.481 e. The molecule has 3 rings (SSSR count). The summed E-state index contributed by atoms with van der Waals surface area (Å²) in [4.78, 5) is 11.0. The van der Waals surface area contributed by atoms with Crippen LogP contribution in [0.3, 0.4) is 0 Å². The molecule has 2 aliphatic rings. The minimum Gasteiger partial charge on any atom is -0.481 e. The Bertz CT molecular complexity index is 444. The molecule has 0 aromatic heterocycles. The number of carboxylic acids is 1. The summed E-state index contributed by atoms with van der Waals surface area (Å²) in [5.41, 5.74) is 2.83. The fourth-order valence-electron chi connectivity index (χ4n) is 3.20. The van der Waals surface area contributed by atoms with Crippen LogP contribution in [0.5, 0.6) is 0 Å². The number of piperidine rings is 1. The van der Waals surface area contributed by atoms with Crippen LogP contribution in [-0.4, -0.2) is 23.7 Å². The molecule has 1 aromatic carbocycles. The van der Waals surface area contributed by atoms with E-state index in [-0.39, 0.29) is 5.92 Å². The number of rotatable bonds is 1. The number of carbonyl (C=O) groups is 1. The van der Waals surface area contributed by atoms with Crippen LogP contribution in [0.1, 0.15) is 17.5 Å². The molecule has 0 radical (unpaired) electrons. The standard InChI is InChI=1S/C14H17NO2/c16-14(17)12-6-11-5-9-3-1-2-4-10(9)7-13(11)15-8-12/h1-4,11-13,15H,5-8H2,(H,16,17)/t11-,12-,13+/m1/s1. The first-order chi connectivity index (χ1) is 8.24. The Morgan fingerprint density at radius 2 is 1.94 bits per heavy atom. The third-order valence-corrected chi connectivity index (χ3v) is 4.17. The Kier molecular flexibility index (Phi) is 2.63. The number of nitrogens with one attached hydrogen (secondary N) is 1. The molecule has 17 heavy (non-hydrogen) atoms. The Morgan fingerprint density at radius 1 is 1.24 bits per heavy atom. The summed E-state index contributed by atoms with van der Waals surface area (Å²) in [6.07, 6.45) is 2.89. The van der Waals surface area contributed by atoms with Crippen molar-refractivity contribution in [3.05, 3.63) is 35.4 Å². The van der Waals surface area contributed by atoms with Crippen LogP contribution in [0, 0.1) is 11.8 Å². The van der Waals surface area contributed by atoms with Gasteiger partial charge in [0.2, 0.25) is 0 Å². The lowest BCUT2D eigenvalue weighted by Gasteiger charge is -2.39. The third kappa shape index (κ3) is 1.95. The molecule has 3 atom stereocenters. The minimum atomic E-state index is -0.658. The highest BCUT2D eigenvalue weighted by molar-refractivity contribution is 5.70. The molecule has 0 unspecified atom stereocenters. The predicted octanol–water partition coefficient (Wildman–Crippen LogP) is 1.46. The summed E-state index contributed by atoms with van der Waals surface area (Å²) >= 11 is 0. The Hall–Kier alpha value is -1.35. The molecule has 3 heteroatoms. The number of aliphatic carboxylic acids is 1. The number of carboxylic acid groups (broad SMARTS) is 1. The fraction of sp³-hybridized carbons (Fsp3) is 0.500. The van der Waals surface area contributed by atoms with Gasteiger partial charge in [0.1, 0.15) is 0 Å². The molecule has 0 saturated carbocycles. The van der Waals surface area contributed by atoms with Gasteiger partial charge in [0.25, 0.3) is 0 Å². The van der Waals surface area contributed by atoms with Gasteiger partial charge < -0.3 is 10.4 Å². The van der Waals surface area contributed by atoms with E-state index in [9.17, 15) is 4.79 Å². The molecule has 3 nitrogen and oxygen atoms in total. The van der Waals surface area contributed by atoms with Gasteiger partial charge in [-0.15, -0.1) is 0 Å². The molecular formula is C14H17NO2. The highest BCUT2D eigenvalue weighted by Crippen LogP contribution is 2.32. The molecule has 1 aromatic rings. The minimum absolute atomic E-state index is 0.207. The van der Waals surface area contributed by atoms with Gasteiger partial charge in [0.05, 0.1) is 5.92 Å². The van der Waals surface area contributed by atoms with Gasteiger partial charge in [-0.05, 0) is 36.3 Å². The van der Waals surface area contributed by atoms with Crippen LogP contribution in [0.25, 0.3) is 0 Å². The van der Waals surface area contributed by atoms with Crippen LogP contribution in [0.2, 0.25) is 0 Å². The molecule has 1 aliphatic heterocycles. The molecule has 1 aliphatic carbocycles. The quantitative estimate of drug-likeness (QED) is 0.769. The van der Waals surface area contributed by atoms with Crippen molar-refractivity contribution in [2.75, 3.05) is 6.54 Å². The lowest BCUT2D eigenvalue weighted by molar-refractivity contribution is -0.143. The maximum atomic E-state index is 11.0. The second-order valence-corrected chi connectivity index (χ2v) is 5.22. The number of benzene rings is 1. The van der Waals surface area contributed by atoms with Crippen molar-refractivity contribution >= 4 is 5.97 Å². The van der Waals surface area contributed by atoms with E-state index in [4.69, 9.17) is 5.11 Å². The first-order valence-electron chi connectivity index (χ1n) is 6.27. The van der Waals surface area contributed by atoms with Crippen molar-refractivity contribution in [2.24, 2.45) is 11.8 Å². The summed E-state index contributed by atoms with van der Waals surface area (Å²) in [6.45, 7) is 0.624. The van der Waals surface area contributed by atoms with Crippen LogP contribution in [0.4, 0.5) is 0 Å². The van der Waals surface area contributed by atoms with Crippen LogP contribution >= 0.6 is 0 Å². The van der Waals surface area contributed by atoms with E-state index in [0.29, 0.717) is 18.5 Å². The third-order valence-electron chi connectivity index (χ3n) is 4.17. The molecular weight excluding hydrogens is 214 g/mol. The van der Waals surface area contributed by atoms with Gasteiger partial charge in [-0.25, -0.2) is 0 Å². The van der Waals surface area contributed by atoms with Crippen molar-refractivity contribution < 1.29 is 9.90 Å². The summed E-state index contributed by atoms with van der Waals surface area (Å²) in [7, 11) is 0. The van der Waals surface area contributed by atoms with Gasteiger partial charge in [-0.1, -0.05) is 24.3 Å². The van der Waals surface area contributed by atoms with Crippen LogP contribution < -0.4 is 5.32 Å². The first kappa shape index (κ1) is 10.8. The monoisotopic (exact) mass is 231 g/mol. The van der Waals surface area contributed by atoms with Crippen molar-refractivity contribution in [2.45, 2.75) is 25.3 Å². The summed E-state index contributed by atoms with van der Waals surface area (Å²) in [5, 5.41) is 12.5. The normalized spacial score (nSPS) is 31.4. The van der Waals surface area contributed by atoms with Crippen molar-refractivity contribution in [3.63, 3.8) is 0 Å². The maximum absolute atomic E-state index is 11.0. The van der Waals surface area contributed by atoms with E-state index in [1.807, 2.05) is 0 Å². The van der Waals surface area contributed by atoms with Crippen molar-refractivity contribution in [1.29, 1.82) is 0 Å². The average Bonchev–Trinajstić information content (AvgIpc) is 2.35. The zero-order valence-electron chi connectivity index (χ0n) is 9.73. The van der Waals surface area contributed by atoms with Gasteiger partial charge in [0, 0.05) is 12.6 Å². The van der Waals surface area contributed by atoms with Crippen LogP contribution in [-0.2, 0) is 17.6 Å². The fourth-order valence-corrected chi connectivity index (χ4v) is 3.20. The second kappa shape index (κ2) is 4.15. The van der Waals surface area contributed by atoms with Crippen molar-refractivity contribution in [1.82, 2.24) is 5.32 Å². The van der Waals surface area contributed by atoms with E-state index in [1.54, 1.807) is 0 Å². The molecule has 1 saturated heterocycles.